The van der Waals surface area contributed by atoms with E-state index in [0.29, 0.717) is 51.9 Å². The summed E-state index contributed by atoms with van der Waals surface area (Å²) in [5.74, 6) is -3.57. The van der Waals surface area contributed by atoms with E-state index in [4.69, 9.17) is 11.5 Å². The van der Waals surface area contributed by atoms with Crippen LogP contribution in [0, 0.1) is 0 Å². The fourth-order valence-electron chi connectivity index (χ4n) is 7.42. The molecule has 52 heavy (non-hydrogen) atoms. The van der Waals surface area contributed by atoms with E-state index in [0.717, 1.165) is 11.1 Å². The minimum atomic E-state index is -1.92. The average molecular weight is 765 g/mol. The molecule has 0 spiro atoms. The molecule has 288 valence electrons. The van der Waals surface area contributed by atoms with Crippen molar-refractivity contribution in [1.82, 2.24) is 22.1 Å². The average Bonchev–Trinajstić information content (AvgIpc) is 3.66. The standard InChI is InChI=1S/2C18H25N2O4P.2H3N/c2*1-3-10-20-11-9-15(18(20,17(22)23)16(21)13(2)19)25(24)12-14-7-5-4-6-8-14;;/h2*4-8,13,15H,3,9-12,19H2,1-2H3;2*1H3/p+2/t2*13-,15?,18-;;/m11../s1. The molecule has 12 N–H and O–H groups in total. The molecule has 0 amide bonds. The summed E-state index contributed by atoms with van der Waals surface area (Å²) < 4.78 is 26.2. The van der Waals surface area contributed by atoms with Crippen molar-refractivity contribution in [1.29, 1.82) is 0 Å². The summed E-state index contributed by atoms with van der Waals surface area (Å²) in [6.45, 7) is 8.68. The van der Waals surface area contributed by atoms with Crippen LogP contribution in [-0.2, 0) is 40.6 Å². The van der Waals surface area contributed by atoms with Gasteiger partial charge in [-0.2, -0.15) is 0 Å². The highest BCUT2D eigenvalue weighted by Gasteiger charge is 2.68. The first-order valence-corrected chi connectivity index (χ1v) is 20.3. The first-order chi connectivity index (χ1) is 23.7. The van der Waals surface area contributed by atoms with Gasteiger partial charge >= 0.3 is 27.5 Å². The molecule has 2 aromatic rings. The monoisotopic (exact) mass is 764 g/mol. The lowest BCUT2D eigenvalue weighted by Gasteiger charge is -2.34. The van der Waals surface area contributed by atoms with Gasteiger partial charge < -0.3 is 34.0 Å². The van der Waals surface area contributed by atoms with Crippen molar-refractivity contribution in [2.45, 2.75) is 100 Å². The van der Waals surface area contributed by atoms with Gasteiger partial charge in [0.15, 0.2) is 35.2 Å². The van der Waals surface area contributed by atoms with Gasteiger partial charge in [-0.1, -0.05) is 83.6 Å². The second-order valence-corrected chi connectivity index (χ2v) is 16.7. The van der Waals surface area contributed by atoms with Crippen LogP contribution in [0.5, 0.6) is 0 Å². The zero-order valence-electron chi connectivity index (χ0n) is 30.9. The van der Waals surface area contributed by atoms with Crippen LogP contribution in [0.4, 0.5) is 0 Å². The highest BCUT2D eigenvalue weighted by molar-refractivity contribution is 7.45. The van der Waals surface area contributed by atoms with Gasteiger partial charge in [0.1, 0.15) is 0 Å². The van der Waals surface area contributed by atoms with Crippen LogP contribution >= 0.6 is 15.6 Å². The summed E-state index contributed by atoms with van der Waals surface area (Å²) >= 11 is 0. The van der Waals surface area contributed by atoms with Crippen LogP contribution in [0.3, 0.4) is 0 Å². The summed E-state index contributed by atoms with van der Waals surface area (Å²) in [6, 6.07) is 16.8. The largest absolute Gasteiger partial charge is 0.479 e. The predicted molar refractivity (Wildman–Crippen MR) is 204 cm³/mol. The van der Waals surface area contributed by atoms with Crippen LogP contribution in [0.15, 0.2) is 60.7 Å². The van der Waals surface area contributed by atoms with Gasteiger partial charge in [0.05, 0.1) is 12.1 Å². The van der Waals surface area contributed by atoms with Crippen molar-refractivity contribution in [3.63, 3.8) is 0 Å². The number of nitrogens with zero attached hydrogens (tertiary/aromatic N) is 2. The van der Waals surface area contributed by atoms with E-state index in [9.17, 15) is 38.5 Å². The molecule has 0 aliphatic carbocycles. The Labute approximate surface area is 308 Å². The summed E-state index contributed by atoms with van der Waals surface area (Å²) in [6.07, 6.45) is 2.80. The highest BCUT2D eigenvalue weighted by Crippen LogP contribution is 2.49. The Hall–Kier alpha value is -3.32. The second kappa shape index (κ2) is 20.8. The zero-order chi connectivity index (χ0) is 37.2. The lowest BCUT2D eigenvalue weighted by molar-refractivity contribution is -0.157. The number of hydrogen-bond acceptors (Lipinski definition) is 12. The topological polar surface area (TPSA) is 271 Å². The Morgan fingerprint density at radius 3 is 1.25 bits per heavy atom. The van der Waals surface area contributed by atoms with Crippen molar-refractivity contribution in [3.8, 4) is 0 Å². The Morgan fingerprint density at radius 2 is 1.00 bits per heavy atom. The number of rotatable bonds is 16. The smallest absolute Gasteiger partial charge is 0.349 e. The van der Waals surface area contributed by atoms with Gasteiger partial charge in [-0.15, -0.1) is 0 Å². The Morgan fingerprint density at radius 1 is 0.692 bits per heavy atom. The van der Waals surface area contributed by atoms with Crippen LogP contribution in [0.1, 0.15) is 64.5 Å². The molecule has 0 bridgehead atoms. The Balaban J connectivity index is 0.000000501. The van der Waals surface area contributed by atoms with Crippen molar-refractivity contribution in [3.05, 3.63) is 71.8 Å². The van der Waals surface area contributed by atoms with E-state index in [1.807, 2.05) is 74.5 Å². The minimum Gasteiger partial charge on any atom is -0.479 e. The fraction of sp³-hybridized carbons (Fsp3) is 0.556. The fourth-order valence-corrected chi connectivity index (χ4v) is 11.4. The normalized spacial score (nSPS) is 24.6. The number of carboxylic acid groups (broad SMARTS) is 2. The predicted octanol–water partition coefficient (Wildman–Crippen LogP) is 4.80. The van der Waals surface area contributed by atoms with Gasteiger partial charge in [-0.3, -0.25) is 19.4 Å². The molecular formula is C36H58N6O8P2+2. The summed E-state index contributed by atoms with van der Waals surface area (Å²) in [5.41, 5.74) is 8.28. The third-order valence-corrected chi connectivity index (χ3v) is 13.6. The molecule has 14 nitrogen and oxygen atoms in total. The number of Topliss-reactive ketones (excluding diaryl/α,β-unsaturated/α-hetero) is 2. The molecule has 2 aromatic carbocycles. The molecule has 4 rings (SSSR count). The molecule has 16 heteroatoms. The molecular weight excluding hydrogens is 706 g/mol. The number of hydrogen-bond donors (Lipinski definition) is 6. The maximum absolute atomic E-state index is 13.1. The van der Waals surface area contributed by atoms with E-state index in [2.05, 4.69) is 0 Å². The number of nitrogens with two attached hydrogens (primary N) is 2. The van der Waals surface area contributed by atoms with Gasteiger partial charge in [-0.05, 0) is 50.9 Å². The second-order valence-electron chi connectivity index (χ2n) is 13.2. The third-order valence-electron chi connectivity index (χ3n) is 9.58. The molecule has 0 radical (unpaired) electrons. The van der Waals surface area contributed by atoms with E-state index in [1.165, 1.54) is 13.8 Å². The summed E-state index contributed by atoms with van der Waals surface area (Å²) in [4.78, 5) is 53.7. The van der Waals surface area contributed by atoms with E-state index in [-0.39, 0.29) is 24.6 Å². The maximum atomic E-state index is 13.1. The summed E-state index contributed by atoms with van der Waals surface area (Å²) in [5, 5.41) is 20.0. The minimum absolute atomic E-state index is 0. The van der Waals surface area contributed by atoms with E-state index < -0.39 is 73.6 Å². The molecule has 0 aromatic heterocycles. The number of carboxylic acids is 2. The molecule has 2 aliphatic rings. The van der Waals surface area contributed by atoms with Crippen molar-refractivity contribution in [2.24, 2.45) is 11.5 Å². The molecule has 2 fully saturated rings. The highest BCUT2D eigenvalue weighted by atomic mass is 31.1. The lowest BCUT2D eigenvalue weighted by Crippen LogP contribution is -2.65. The number of benzene rings is 2. The Bertz CT molecular complexity index is 1420. The first-order valence-electron chi connectivity index (χ1n) is 17.2. The zero-order valence-corrected chi connectivity index (χ0v) is 32.6. The number of carbonyl (C=O) groups excluding carboxylic acids is 2. The number of carbonyl (C=O) groups is 4. The molecule has 2 saturated heterocycles. The van der Waals surface area contributed by atoms with Crippen molar-refractivity contribution < 1.29 is 38.5 Å². The van der Waals surface area contributed by atoms with Crippen molar-refractivity contribution in [2.75, 3.05) is 26.2 Å². The number of ketones is 2. The van der Waals surface area contributed by atoms with Crippen molar-refractivity contribution >= 4 is 39.1 Å². The SMILES string of the molecule is CCCN1CCC([P+](=O)Cc2ccccc2)[C@]1(C(=O)O)C(=O)[C@@H](C)N.CCCN1CCC([P+](=O)Cc2ccccc2)[C@]1(C(=O)O)C(=O)[C@@H](C)N.N.N. The summed E-state index contributed by atoms with van der Waals surface area (Å²) in [7, 11) is -3.84. The quantitative estimate of drug-likeness (QED) is 0.0990. The van der Waals surface area contributed by atoms with Crippen LogP contribution in [0.25, 0.3) is 0 Å². The molecule has 2 aliphatic heterocycles. The van der Waals surface area contributed by atoms with Gasteiger partial charge in [0, 0.05) is 25.9 Å². The van der Waals surface area contributed by atoms with Crippen LogP contribution < -0.4 is 23.8 Å². The van der Waals surface area contributed by atoms with Gasteiger partial charge in [0.25, 0.3) is 0 Å². The first kappa shape index (κ1) is 46.7. The van der Waals surface area contributed by atoms with Crippen LogP contribution in [-0.4, -0.2) is 104 Å². The lowest BCUT2D eigenvalue weighted by atomic mass is 9.86. The Kier molecular flexibility index (Phi) is 18.7. The third kappa shape index (κ3) is 9.61. The molecule has 2 heterocycles. The molecule has 8 atom stereocenters. The number of likely N-dealkylation sites (tertiary alicyclic amines) is 2. The van der Waals surface area contributed by atoms with Gasteiger partial charge in [-0.25, -0.2) is 9.59 Å². The number of aliphatic carboxylic acids is 2. The molecule has 0 saturated carbocycles. The van der Waals surface area contributed by atoms with Crippen LogP contribution in [0.2, 0.25) is 0 Å². The van der Waals surface area contributed by atoms with E-state index >= 15 is 0 Å². The maximum Gasteiger partial charge on any atom is 0.349 e. The molecule has 4 unspecified atom stereocenters. The van der Waals surface area contributed by atoms with Gasteiger partial charge in [0.2, 0.25) is 11.1 Å². The van der Waals surface area contributed by atoms with E-state index in [1.54, 1.807) is 9.80 Å².